The molecule has 25 heavy (non-hydrogen) atoms. The van der Waals surface area contributed by atoms with Gasteiger partial charge in [0.25, 0.3) is 5.69 Å². The minimum absolute atomic E-state index is 0.190. The van der Waals surface area contributed by atoms with Crippen molar-refractivity contribution in [3.63, 3.8) is 0 Å². The molecule has 0 heterocycles. The summed E-state index contributed by atoms with van der Waals surface area (Å²) in [6.45, 7) is -0.205. The molecule has 1 N–H and O–H groups in total. The Kier molecular flexibility index (Phi) is 5.76. The van der Waals surface area contributed by atoms with Gasteiger partial charge in [0.1, 0.15) is 11.5 Å². The smallest absolute Gasteiger partial charge is 0.293 e. The highest BCUT2D eigenvalue weighted by Gasteiger charge is 2.25. The Morgan fingerprint density at radius 2 is 1.96 bits per heavy atom. The molecule has 0 radical (unpaired) electrons. The molecule has 0 amide bonds. The topological polar surface area (TPSA) is 92.6 Å². The molecule has 0 bridgehead atoms. The van der Waals surface area contributed by atoms with E-state index in [9.17, 15) is 22.9 Å². The van der Waals surface area contributed by atoms with Crippen molar-refractivity contribution < 1.29 is 17.7 Å². The van der Waals surface area contributed by atoms with Crippen LogP contribution >= 0.6 is 15.9 Å². The molecule has 0 aliphatic heterocycles. The minimum atomic E-state index is -4.02. The summed E-state index contributed by atoms with van der Waals surface area (Å²) in [5.41, 5.74) is 0.0352. The molecule has 0 fully saturated rings. The van der Waals surface area contributed by atoms with E-state index >= 15 is 0 Å². The lowest BCUT2D eigenvalue weighted by atomic mass is 10.2. The first-order valence-corrected chi connectivity index (χ1v) is 9.26. The fourth-order valence-electron chi connectivity index (χ4n) is 2.19. The predicted octanol–water partition coefficient (Wildman–Crippen LogP) is 3.36. The highest BCUT2D eigenvalue weighted by atomic mass is 79.9. The average Bonchev–Trinajstić information content (AvgIpc) is 2.56. The van der Waals surface area contributed by atoms with Crippen LogP contribution in [0.15, 0.2) is 45.8 Å². The first kappa shape index (κ1) is 19.3. The molecule has 0 unspecified atom stereocenters. The predicted molar refractivity (Wildman–Crippen MR) is 95.4 cm³/mol. The second kappa shape index (κ2) is 7.46. The second-order valence-electron chi connectivity index (χ2n) is 5.18. The van der Waals surface area contributed by atoms with Gasteiger partial charge in [0.2, 0.25) is 10.0 Å². The summed E-state index contributed by atoms with van der Waals surface area (Å²) < 4.78 is 40.7. The number of nitrogens with zero attached hydrogens (tertiary/aromatic N) is 2. The third-order valence-electron chi connectivity index (χ3n) is 3.55. The van der Waals surface area contributed by atoms with Crippen molar-refractivity contribution in [2.75, 3.05) is 19.4 Å². The maximum absolute atomic E-state index is 13.9. The lowest BCUT2D eigenvalue weighted by Gasteiger charge is -2.18. The Hall–Kier alpha value is -2.04. The fourth-order valence-corrected chi connectivity index (χ4v) is 3.69. The molecule has 0 saturated carbocycles. The standard InChI is InChI=1S/C15H15BrFN3O4S/c1-18-14-6-5-12(8-15(14)20(21)22)25(23,24)19(2)9-10-3-4-11(16)7-13(10)17/h3-8,18H,9H2,1-2H3. The largest absolute Gasteiger partial charge is 0.383 e. The van der Waals surface area contributed by atoms with E-state index in [2.05, 4.69) is 21.2 Å². The van der Waals surface area contributed by atoms with Crippen LogP contribution in [0.5, 0.6) is 0 Å². The molecule has 10 heteroatoms. The molecule has 2 rings (SSSR count). The van der Waals surface area contributed by atoms with E-state index in [0.29, 0.717) is 4.47 Å². The number of hydrogen-bond donors (Lipinski definition) is 1. The SMILES string of the molecule is CNc1ccc(S(=O)(=O)N(C)Cc2ccc(Br)cc2F)cc1[N+](=O)[O-]. The van der Waals surface area contributed by atoms with Crippen LogP contribution < -0.4 is 5.32 Å². The van der Waals surface area contributed by atoms with Gasteiger partial charge in [-0.2, -0.15) is 4.31 Å². The lowest BCUT2D eigenvalue weighted by Crippen LogP contribution is -2.27. The highest BCUT2D eigenvalue weighted by Crippen LogP contribution is 2.29. The van der Waals surface area contributed by atoms with Gasteiger partial charge in [0, 0.05) is 36.7 Å². The monoisotopic (exact) mass is 431 g/mol. The van der Waals surface area contributed by atoms with Gasteiger partial charge >= 0.3 is 0 Å². The first-order valence-electron chi connectivity index (χ1n) is 7.03. The summed E-state index contributed by atoms with van der Waals surface area (Å²) in [4.78, 5) is 10.2. The number of halogens is 2. The zero-order valence-corrected chi connectivity index (χ0v) is 15.8. The summed E-state index contributed by atoms with van der Waals surface area (Å²) in [5, 5.41) is 13.7. The molecule has 0 atom stereocenters. The van der Waals surface area contributed by atoms with Gasteiger partial charge in [-0.3, -0.25) is 10.1 Å². The summed E-state index contributed by atoms with van der Waals surface area (Å²) in [5.74, 6) is -0.548. The second-order valence-corrected chi connectivity index (χ2v) is 8.14. The molecule has 0 aliphatic carbocycles. The fraction of sp³-hybridized carbons (Fsp3) is 0.200. The molecular weight excluding hydrogens is 417 g/mol. The van der Waals surface area contributed by atoms with Crippen molar-refractivity contribution in [2.45, 2.75) is 11.4 Å². The van der Waals surface area contributed by atoms with Crippen molar-refractivity contribution >= 4 is 37.3 Å². The molecule has 0 aromatic heterocycles. The van der Waals surface area contributed by atoms with E-state index in [1.165, 1.54) is 38.4 Å². The van der Waals surface area contributed by atoms with Crippen LogP contribution in [0.2, 0.25) is 0 Å². The van der Waals surface area contributed by atoms with Crippen LogP contribution in [0.4, 0.5) is 15.8 Å². The molecule has 134 valence electrons. The Labute approximate surface area is 152 Å². The van der Waals surface area contributed by atoms with E-state index in [-0.39, 0.29) is 28.4 Å². The summed E-state index contributed by atoms with van der Waals surface area (Å²) >= 11 is 3.13. The average molecular weight is 432 g/mol. The van der Waals surface area contributed by atoms with Gasteiger partial charge in [0.15, 0.2) is 0 Å². The van der Waals surface area contributed by atoms with Crippen molar-refractivity contribution in [2.24, 2.45) is 0 Å². The third kappa shape index (κ3) is 4.14. The van der Waals surface area contributed by atoms with Gasteiger partial charge in [0.05, 0.1) is 9.82 Å². The number of nitro benzene ring substituents is 1. The molecule has 2 aromatic carbocycles. The van der Waals surface area contributed by atoms with E-state index in [4.69, 9.17) is 0 Å². The Morgan fingerprint density at radius 1 is 1.28 bits per heavy atom. The maximum Gasteiger partial charge on any atom is 0.293 e. The quantitative estimate of drug-likeness (QED) is 0.558. The number of nitro groups is 1. The number of benzene rings is 2. The van der Waals surface area contributed by atoms with Gasteiger partial charge in [-0.25, -0.2) is 12.8 Å². The van der Waals surface area contributed by atoms with Crippen molar-refractivity contribution in [1.82, 2.24) is 4.31 Å². The molecule has 0 spiro atoms. The number of sulfonamides is 1. The Morgan fingerprint density at radius 3 is 2.52 bits per heavy atom. The highest BCUT2D eigenvalue weighted by molar-refractivity contribution is 9.10. The zero-order valence-electron chi connectivity index (χ0n) is 13.4. The van der Waals surface area contributed by atoms with E-state index in [0.717, 1.165) is 10.4 Å². The van der Waals surface area contributed by atoms with Crippen molar-refractivity contribution in [3.05, 3.63) is 62.4 Å². The summed E-state index contributed by atoms with van der Waals surface area (Å²) in [6, 6.07) is 7.88. The van der Waals surface area contributed by atoms with Crippen LogP contribution in [0.25, 0.3) is 0 Å². The van der Waals surface area contributed by atoms with Gasteiger partial charge < -0.3 is 5.32 Å². The first-order chi connectivity index (χ1) is 11.7. The number of rotatable bonds is 6. The Bertz CT molecular complexity index is 921. The number of anilines is 1. The van der Waals surface area contributed by atoms with Gasteiger partial charge in [-0.15, -0.1) is 0 Å². The van der Waals surface area contributed by atoms with Crippen LogP contribution in [-0.4, -0.2) is 31.7 Å². The molecule has 7 nitrogen and oxygen atoms in total. The number of hydrogen-bond acceptors (Lipinski definition) is 5. The zero-order chi connectivity index (χ0) is 18.8. The summed E-state index contributed by atoms with van der Waals surface area (Å²) in [7, 11) is -1.24. The Balaban J connectivity index is 2.37. The molecule has 2 aromatic rings. The third-order valence-corrected chi connectivity index (χ3v) is 5.84. The van der Waals surface area contributed by atoms with Crippen LogP contribution in [0, 0.1) is 15.9 Å². The molecule has 0 saturated heterocycles. The van der Waals surface area contributed by atoms with E-state index in [1.807, 2.05) is 0 Å². The summed E-state index contributed by atoms with van der Waals surface area (Å²) in [6.07, 6.45) is 0. The van der Waals surface area contributed by atoms with Crippen LogP contribution in [0.3, 0.4) is 0 Å². The van der Waals surface area contributed by atoms with Crippen LogP contribution in [0.1, 0.15) is 5.56 Å². The van der Waals surface area contributed by atoms with Gasteiger partial charge in [-0.05, 0) is 24.3 Å². The normalized spacial score (nSPS) is 11.6. The molecule has 0 aliphatic rings. The minimum Gasteiger partial charge on any atom is -0.383 e. The number of nitrogens with one attached hydrogen (secondary N) is 1. The van der Waals surface area contributed by atoms with Crippen molar-refractivity contribution in [1.29, 1.82) is 0 Å². The molecular formula is C15H15BrFN3O4S. The van der Waals surface area contributed by atoms with Crippen LogP contribution in [-0.2, 0) is 16.6 Å². The van der Waals surface area contributed by atoms with E-state index in [1.54, 1.807) is 6.07 Å². The maximum atomic E-state index is 13.9. The van der Waals surface area contributed by atoms with Gasteiger partial charge in [-0.1, -0.05) is 22.0 Å². The van der Waals surface area contributed by atoms with Crippen molar-refractivity contribution in [3.8, 4) is 0 Å². The van der Waals surface area contributed by atoms with E-state index < -0.39 is 20.8 Å². The lowest BCUT2D eigenvalue weighted by molar-refractivity contribution is -0.384.